The third-order valence-corrected chi connectivity index (χ3v) is 4.95. The molecule has 0 aromatic heterocycles. The van der Waals surface area contributed by atoms with Crippen LogP contribution in [-0.4, -0.2) is 51.8 Å². The van der Waals surface area contributed by atoms with Gasteiger partial charge in [-0.15, -0.1) is 0 Å². The van der Waals surface area contributed by atoms with E-state index in [0.717, 1.165) is 28.3 Å². The van der Waals surface area contributed by atoms with Crippen LogP contribution in [0.2, 0.25) is 0 Å². The first-order chi connectivity index (χ1) is 14.1. The van der Waals surface area contributed by atoms with E-state index < -0.39 is 0 Å². The van der Waals surface area contributed by atoms with E-state index in [1.807, 2.05) is 50.4 Å². The lowest BCUT2D eigenvalue weighted by Gasteiger charge is -2.24. The summed E-state index contributed by atoms with van der Waals surface area (Å²) in [6.07, 6.45) is 0. The molecule has 6 nitrogen and oxygen atoms in total. The van der Waals surface area contributed by atoms with Gasteiger partial charge in [0.1, 0.15) is 11.5 Å². The zero-order valence-corrected chi connectivity index (χ0v) is 17.4. The maximum absolute atomic E-state index is 12.5. The molecule has 6 heteroatoms. The van der Waals surface area contributed by atoms with Crippen LogP contribution in [0.1, 0.15) is 24.1 Å². The fraction of sp³-hybridized carbons (Fsp3) is 0.348. The fourth-order valence-corrected chi connectivity index (χ4v) is 3.54. The van der Waals surface area contributed by atoms with Gasteiger partial charge in [-0.3, -0.25) is 4.90 Å². The molecule has 1 atom stereocenters. The second-order valence-electron chi connectivity index (χ2n) is 6.95. The van der Waals surface area contributed by atoms with Gasteiger partial charge in [-0.05, 0) is 31.7 Å². The van der Waals surface area contributed by atoms with Crippen LogP contribution in [0.5, 0.6) is 11.5 Å². The number of likely N-dealkylation sites (N-methyl/N-ethyl adjacent to an activating group) is 1. The molecule has 0 spiro atoms. The summed E-state index contributed by atoms with van der Waals surface area (Å²) < 4.78 is 16.3. The Labute approximate surface area is 172 Å². The number of nitrogens with zero attached hydrogens (tertiary/aromatic N) is 1. The lowest BCUT2D eigenvalue weighted by Crippen LogP contribution is -2.26. The van der Waals surface area contributed by atoms with Crippen LogP contribution in [0.15, 0.2) is 59.8 Å². The molecule has 154 valence electrons. The van der Waals surface area contributed by atoms with Crippen molar-refractivity contribution >= 4 is 5.97 Å². The van der Waals surface area contributed by atoms with Crippen molar-refractivity contribution in [3.63, 3.8) is 0 Å². The molecule has 0 fully saturated rings. The summed E-state index contributed by atoms with van der Waals surface area (Å²) >= 11 is 0. The van der Waals surface area contributed by atoms with Gasteiger partial charge in [0.25, 0.3) is 0 Å². The standard InChI is InChI=1S/C23H28N2O4/c1-5-29-23(26)19-14-25(2)15-20(19)24-22(16-9-7-6-8-10-16)18-12-11-17(27-3)13-21(18)28-4/h6-13,22,24H,5,14-15H2,1-4H3. The minimum Gasteiger partial charge on any atom is -0.497 e. The molecule has 1 unspecified atom stereocenters. The minimum absolute atomic E-state index is 0.192. The summed E-state index contributed by atoms with van der Waals surface area (Å²) in [5, 5.41) is 3.60. The van der Waals surface area contributed by atoms with Crippen molar-refractivity contribution < 1.29 is 19.0 Å². The van der Waals surface area contributed by atoms with Crippen molar-refractivity contribution in [3.05, 3.63) is 70.9 Å². The Morgan fingerprint density at radius 1 is 1.10 bits per heavy atom. The van der Waals surface area contributed by atoms with Crippen molar-refractivity contribution in [3.8, 4) is 11.5 Å². The van der Waals surface area contributed by atoms with Gasteiger partial charge in [-0.25, -0.2) is 4.79 Å². The third kappa shape index (κ3) is 4.71. The lowest BCUT2D eigenvalue weighted by atomic mass is 9.97. The Balaban J connectivity index is 2.04. The van der Waals surface area contributed by atoms with Crippen molar-refractivity contribution in [2.24, 2.45) is 0 Å². The minimum atomic E-state index is -0.271. The number of carbonyl (C=O) groups excluding carboxylic acids is 1. The molecular weight excluding hydrogens is 368 g/mol. The molecule has 0 bridgehead atoms. The van der Waals surface area contributed by atoms with Crippen molar-refractivity contribution in [2.75, 3.05) is 41.0 Å². The Bertz CT molecular complexity index is 880. The van der Waals surface area contributed by atoms with Gasteiger partial charge in [0.2, 0.25) is 0 Å². The molecule has 0 saturated carbocycles. The van der Waals surface area contributed by atoms with Crippen LogP contribution in [0.25, 0.3) is 0 Å². The summed E-state index contributed by atoms with van der Waals surface area (Å²) in [5.74, 6) is 1.17. The maximum atomic E-state index is 12.5. The highest BCUT2D eigenvalue weighted by Crippen LogP contribution is 2.34. The van der Waals surface area contributed by atoms with E-state index in [4.69, 9.17) is 14.2 Å². The maximum Gasteiger partial charge on any atom is 0.337 e. The van der Waals surface area contributed by atoms with E-state index >= 15 is 0 Å². The van der Waals surface area contributed by atoms with Gasteiger partial charge in [0, 0.05) is 30.4 Å². The highest BCUT2D eigenvalue weighted by Gasteiger charge is 2.29. The molecule has 2 aromatic rings. The van der Waals surface area contributed by atoms with Gasteiger partial charge in [0.05, 0.1) is 32.4 Å². The van der Waals surface area contributed by atoms with E-state index in [-0.39, 0.29) is 12.0 Å². The Morgan fingerprint density at radius 2 is 1.86 bits per heavy atom. The number of benzene rings is 2. The number of carbonyl (C=O) groups is 1. The highest BCUT2D eigenvalue weighted by molar-refractivity contribution is 5.90. The highest BCUT2D eigenvalue weighted by atomic mass is 16.5. The molecule has 3 rings (SSSR count). The largest absolute Gasteiger partial charge is 0.497 e. The fourth-order valence-electron chi connectivity index (χ4n) is 3.54. The summed E-state index contributed by atoms with van der Waals surface area (Å²) in [7, 11) is 5.26. The molecule has 0 amide bonds. The quantitative estimate of drug-likeness (QED) is 0.692. The van der Waals surface area contributed by atoms with Crippen molar-refractivity contribution in [1.29, 1.82) is 0 Å². The number of nitrogens with one attached hydrogen (secondary N) is 1. The molecule has 0 saturated heterocycles. The zero-order valence-electron chi connectivity index (χ0n) is 17.4. The molecule has 1 aliphatic rings. The predicted molar refractivity (Wildman–Crippen MR) is 112 cm³/mol. The normalized spacial score (nSPS) is 15.2. The summed E-state index contributed by atoms with van der Waals surface area (Å²) in [4.78, 5) is 14.6. The summed E-state index contributed by atoms with van der Waals surface area (Å²) in [6, 6.07) is 15.7. The summed E-state index contributed by atoms with van der Waals surface area (Å²) in [6.45, 7) is 3.38. The zero-order chi connectivity index (χ0) is 20.8. The SMILES string of the molecule is CCOC(=O)C1=C(NC(c2ccccc2)c2ccc(OC)cc2OC)CN(C)C1. The number of esters is 1. The van der Waals surface area contributed by atoms with E-state index in [1.165, 1.54) is 0 Å². The number of ether oxygens (including phenoxy) is 3. The monoisotopic (exact) mass is 396 g/mol. The Morgan fingerprint density at radius 3 is 2.52 bits per heavy atom. The molecule has 1 N–H and O–H groups in total. The van der Waals surface area contributed by atoms with Gasteiger partial charge in [0.15, 0.2) is 0 Å². The smallest absolute Gasteiger partial charge is 0.337 e. The number of rotatable bonds is 8. The second-order valence-corrected chi connectivity index (χ2v) is 6.95. The van der Waals surface area contributed by atoms with Crippen LogP contribution in [0.4, 0.5) is 0 Å². The molecule has 2 aromatic carbocycles. The lowest BCUT2D eigenvalue weighted by molar-refractivity contribution is -0.138. The van der Waals surface area contributed by atoms with Gasteiger partial charge < -0.3 is 19.5 Å². The molecule has 0 radical (unpaired) electrons. The third-order valence-electron chi connectivity index (χ3n) is 4.95. The number of hydrogen-bond donors (Lipinski definition) is 1. The number of hydrogen-bond acceptors (Lipinski definition) is 6. The van der Waals surface area contributed by atoms with Crippen LogP contribution < -0.4 is 14.8 Å². The van der Waals surface area contributed by atoms with E-state index in [2.05, 4.69) is 22.3 Å². The topological polar surface area (TPSA) is 60.0 Å². The average Bonchev–Trinajstić information content (AvgIpc) is 3.12. The van der Waals surface area contributed by atoms with Crippen LogP contribution >= 0.6 is 0 Å². The van der Waals surface area contributed by atoms with Gasteiger partial charge in [-0.1, -0.05) is 30.3 Å². The van der Waals surface area contributed by atoms with Crippen molar-refractivity contribution in [2.45, 2.75) is 13.0 Å². The van der Waals surface area contributed by atoms with Crippen LogP contribution in [-0.2, 0) is 9.53 Å². The Hall–Kier alpha value is -2.99. The average molecular weight is 396 g/mol. The molecule has 29 heavy (non-hydrogen) atoms. The first-order valence-corrected chi connectivity index (χ1v) is 9.68. The van der Waals surface area contributed by atoms with Gasteiger partial charge in [-0.2, -0.15) is 0 Å². The predicted octanol–water partition coefficient (Wildman–Crippen LogP) is 3.15. The van der Waals surface area contributed by atoms with Gasteiger partial charge >= 0.3 is 5.97 Å². The van der Waals surface area contributed by atoms with E-state index in [9.17, 15) is 4.79 Å². The van der Waals surface area contributed by atoms with E-state index in [0.29, 0.717) is 25.3 Å². The second kappa shape index (κ2) is 9.47. The van der Waals surface area contributed by atoms with Crippen LogP contribution in [0, 0.1) is 0 Å². The van der Waals surface area contributed by atoms with Crippen molar-refractivity contribution in [1.82, 2.24) is 10.2 Å². The van der Waals surface area contributed by atoms with Crippen LogP contribution in [0.3, 0.4) is 0 Å². The first kappa shape index (κ1) is 20.7. The molecule has 1 aliphatic heterocycles. The van der Waals surface area contributed by atoms with E-state index in [1.54, 1.807) is 14.2 Å². The molecule has 1 heterocycles. The number of methoxy groups -OCH3 is 2. The molecular formula is C23H28N2O4. The Kier molecular flexibility index (Phi) is 6.77. The summed E-state index contributed by atoms with van der Waals surface area (Å²) in [5.41, 5.74) is 3.58. The molecule has 0 aliphatic carbocycles. The first-order valence-electron chi connectivity index (χ1n) is 9.68.